The van der Waals surface area contributed by atoms with Gasteiger partial charge in [0.25, 0.3) is 0 Å². The summed E-state index contributed by atoms with van der Waals surface area (Å²) in [4.78, 5) is 0. The summed E-state index contributed by atoms with van der Waals surface area (Å²) in [5, 5.41) is 4.67. The highest BCUT2D eigenvalue weighted by molar-refractivity contribution is 9.10. The fourth-order valence-corrected chi connectivity index (χ4v) is 2.92. The van der Waals surface area contributed by atoms with Gasteiger partial charge in [0.05, 0.1) is 4.34 Å². The molecule has 6 heteroatoms. The summed E-state index contributed by atoms with van der Waals surface area (Å²) in [6.07, 6.45) is 0. The second-order valence-electron chi connectivity index (χ2n) is 3.79. The maximum Gasteiger partial charge on any atom is 0.150 e. The molecule has 1 aromatic carbocycles. The van der Waals surface area contributed by atoms with E-state index in [-0.39, 0.29) is 11.7 Å². The summed E-state index contributed by atoms with van der Waals surface area (Å²) in [5.74, 6) is -1.26. The number of rotatable bonds is 3. The van der Waals surface area contributed by atoms with Crippen LogP contribution in [0.15, 0.2) is 28.1 Å². The standard InChI is InChI=1S/C12H9BrClF2NS/c1-6(7-2-11(14)18-5-7)17-12-9(15)3-8(13)4-10(12)16/h2-6,17H,1H3. The third kappa shape index (κ3) is 3.02. The van der Waals surface area contributed by atoms with E-state index < -0.39 is 11.6 Å². The van der Waals surface area contributed by atoms with Crippen LogP contribution < -0.4 is 5.32 Å². The minimum Gasteiger partial charge on any atom is -0.374 e. The largest absolute Gasteiger partial charge is 0.374 e. The van der Waals surface area contributed by atoms with Crippen LogP contribution in [0.3, 0.4) is 0 Å². The van der Waals surface area contributed by atoms with Gasteiger partial charge in [-0.05, 0) is 36.1 Å². The average Bonchev–Trinajstić information content (AvgIpc) is 2.70. The summed E-state index contributed by atoms with van der Waals surface area (Å²) in [7, 11) is 0. The van der Waals surface area contributed by atoms with Gasteiger partial charge in [-0.2, -0.15) is 0 Å². The Labute approximate surface area is 121 Å². The molecular formula is C12H9BrClF2NS. The molecule has 0 saturated heterocycles. The fourth-order valence-electron chi connectivity index (χ4n) is 1.53. The monoisotopic (exact) mass is 351 g/mol. The smallest absolute Gasteiger partial charge is 0.150 e. The highest BCUT2D eigenvalue weighted by Gasteiger charge is 2.14. The zero-order chi connectivity index (χ0) is 13.3. The molecule has 1 aromatic heterocycles. The van der Waals surface area contributed by atoms with Crippen molar-refractivity contribution in [2.45, 2.75) is 13.0 Å². The van der Waals surface area contributed by atoms with Gasteiger partial charge < -0.3 is 5.32 Å². The number of nitrogens with one attached hydrogen (secondary N) is 1. The lowest BCUT2D eigenvalue weighted by Crippen LogP contribution is -2.08. The first-order chi connectivity index (χ1) is 8.47. The maximum atomic E-state index is 13.6. The zero-order valence-corrected chi connectivity index (χ0v) is 12.5. The van der Waals surface area contributed by atoms with Gasteiger partial charge in [-0.3, -0.25) is 0 Å². The number of anilines is 1. The van der Waals surface area contributed by atoms with Crippen molar-refractivity contribution in [3.63, 3.8) is 0 Å². The van der Waals surface area contributed by atoms with Crippen LogP contribution in [0.1, 0.15) is 18.5 Å². The first kappa shape index (κ1) is 13.8. The second kappa shape index (κ2) is 5.55. The topological polar surface area (TPSA) is 12.0 Å². The molecule has 0 aliphatic heterocycles. The zero-order valence-electron chi connectivity index (χ0n) is 9.31. The molecule has 1 atom stereocenters. The number of thiophene rings is 1. The molecule has 1 unspecified atom stereocenters. The average molecular weight is 353 g/mol. The maximum absolute atomic E-state index is 13.6. The van der Waals surface area contributed by atoms with Gasteiger partial charge in [-0.15, -0.1) is 11.3 Å². The minimum atomic E-state index is -0.630. The van der Waals surface area contributed by atoms with Crippen LogP contribution in [0.25, 0.3) is 0 Å². The Bertz CT molecular complexity index is 550. The van der Waals surface area contributed by atoms with Gasteiger partial charge in [-0.25, -0.2) is 8.78 Å². The van der Waals surface area contributed by atoms with Crippen LogP contribution in [0.2, 0.25) is 4.34 Å². The van der Waals surface area contributed by atoms with Crippen molar-refractivity contribution >= 4 is 44.6 Å². The quantitative estimate of drug-likeness (QED) is 0.756. The van der Waals surface area contributed by atoms with E-state index in [0.29, 0.717) is 8.81 Å². The highest BCUT2D eigenvalue weighted by atomic mass is 79.9. The van der Waals surface area contributed by atoms with Crippen LogP contribution in [0, 0.1) is 11.6 Å². The molecule has 0 amide bonds. The van der Waals surface area contributed by atoms with Gasteiger partial charge in [0, 0.05) is 10.5 Å². The molecular weight excluding hydrogens is 344 g/mol. The third-order valence-corrected chi connectivity index (χ3v) is 4.02. The first-order valence-electron chi connectivity index (χ1n) is 5.12. The lowest BCUT2D eigenvalue weighted by molar-refractivity contribution is 0.583. The summed E-state index contributed by atoms with van der Waals surface area (Å²) in [5.41, 5.74) is 0.764. The number of benzene rings is 1. The van der Waals surface area contributed by atoms with E-state index in [1.165, 1.54) is 23.5 Å². The highest BCUT2D eigenvalue weighted by Crippen LogP contribution is 2.30. The molecule has 1 N–H and O–H groups in total. The van der Waals surface area contributed by atoms with E-state index >= 15 is 0 Å². The lowest BCUT2D eigenvalue weighted by Gasteiger charge is -2.15. The van der Waals surface area contributed by atoms with Crippen molar-refractivity contribution in [2.75, 3.05) is 5.32 Å². The van der Waals surface area contributed by atoms with Crippen LogP contribution >= 0.6 is 38.9 Å². The Balaban J connectivity index is 2.24. The van der Waals surface area contributed by atoms with Crippen molar-refractivity contribution < 1.29 is 8.78 Å². The molecule has 1 heterocycles. The number of halogens is 4. The molecule has 0 saturated carbocycles. The van der Waals surface area contributed by atoms with Gasteiger partial charge >= 0.3 is 0 Å². The molecule has 2 aromatic rings. The molecule has 0 aliphatic carbocycles. The van der Waals surface area contributed by atoms with Crippen LogP contribution in [-0.4, -0.2) is 0 Å². The van der Waals surface area contributed by atoms with E-state index in [1.807, 2.05) is 12.3 Å². The Morgan fingerprint density at radius 3 is 2.39 bits per heavy atom. The SMILES string of the molecule is CC(Nc1c(F)cc(Br)cc1F)c1csc(Cl)c1. The summed E-state index contributed by atoms with van der Waals surface area (Å²) in [6.45, 7) is 1.82. The normalized spacial score (nSPS) is 12.5. The fraction of sp³-hybridized carbons (Fsp3) is 0.167. The summed E-state index contributed by atoms with van der Waals surface area (Å²) >= 11 is 10.2. The predicted octanol–water partition coefficient (Wildman–Crippen LogP) is 5.62. The molecule has 0 bridgehead atoms. The Morgan fingerprint density at radius 1 is 1.28 bits per heavy atom. The number of hydrogen-bond donors (Lipinski definition) is 1. The van der Waals surface area contributed by atoms with E-state index in [4.69, 9.17) is 11.6 Å². The van der Waals surface area contributed by atoms with Crippen LogP contribution in [0.5, 0.6) is 0 Å². The molecule has 0 aliphatic rings. The van der Waals surface area contributed by atoms with E-state index in [9.17, 15) is 8.78 Å². The first-order valence-corrected chi connectivity index (χ1v) is 7.17. The molecule has 96 valence electrons. The van der Waals surface area contributed by atoms with Gasteiger partial charge in [0.1, 0.15) is 17.3 Å². The molecule has 18 heavy (non-hydrogen) atoms. The predicted molar refractivity (Wildman–Crippen MR) is 75.4 cm³/mol. The van der Waals surface area contributed by atoms with E-state index in [2.05, 4.69) is 21.2 Å². The molecule has 0 radical (unpaired) electrons. The Morgan fingerprint density at radius 2 is 1.89 bits per heavy atom. The van der Waals surface area contributed by atoms with Gasteiger partial charge in [-0.1, -0.05) is 27.5 Å². The summed E-state index contributed by atoms with van der Waals surface area (Å²) in [6, 6.07) is 4.00. The van der Waals surface area contributed by atoms with Crippen molar-refractivity contribution in [3.8, 4) is 0 Å². The van der Waals surface area contributed by atoms with Crippen molar-refractivity contribution in [1.82, 2.24) is 0 Å². The second-order valence-corrected chi connectivity index (χ2v) is 6.25. The van der Waals surface area contributed by atoms with Crippen LogP contribution in [0.4, 0.5) is 14.5 Å². The van der Waals surface area contributed by atoms with Gasteiger partial charge in [0.15, 0.2) is 0 Å². The van der Waals surface area contributed by atoms with Crippen molar-refractivity contribution in [3.05, 3.63) is 49.6 Å². The molecule has 2 rings (SSSR count). The van der Waals surface area contributed by atoms with Crippen molar-refractivity contribution in [1.29, 1.82) is 0 Å². The minimum absolute atomic E-state index is 0.131. The Kier molecular flexibility index (Phi) is 4.25. The lowest BCUT2D eigenvalue weighted by atomic mass is 10.1. The molecule has 1 nitrogen and oxygen atoms in total. The molecule has 0 spiro atoms. The van der Waals surface area contributed by atoms with E-state index in [0.717, 1.165) is 5.56 Å². The third-order valence-electron chi connectivity index (χ3n) is 2.46. The number of hydrogen-bond acceptors (Lipinski definition) is 2. The van der Waals surface area contributed by atoms with Crippen LogP contribution in [-0.2, 0) is 0 Å². The van der Waals surface area contributed by atoms with Crippen molar-refractivity contribution in [2.24, 2.45) is 0 Å². The summed E-state index contributed by atoms with van der Waals surface area (Å²) < 4.78 is 28.3. The van der Waals surface area contributed by atoms with E-state index in [1.54, 1.807) is 6.07 Å². The molecule has 0 fully saturated rings. The Hall–Kier alpha value is -0.650. The van der Waals surface area contributed by atoms with Gasteiger partial charge in [0.2, 0.25) is 0 Å².